The second-order valence-electron chi connectivity index (χ2n) is 11.9. The molecule has 13 nitrogen and oxygen atoms in total. The lowest BCUT2D eigenvalue weighted by Gasteiger charge is -2.52. The van der Waals surface area contributed by atoms with E-state index >= 15 is 0 Å². The first-order valence-corrected chi connectivity index (χ1v) is 14.3. The van der Waals surface area contributed by atoms with E-state index in [1.165, 1.54) is 0 Å². The molecule has 0 aromatic heterocycles. The molecule has 3 fully saturated rings. The Bertz CT molecular complexity index is 846. The molecule has 5 N–H and O–H groups in total. The number of hydrogen-bond donors (Lipinski definition) is 4. The molecule has 1 unspecified atom stereocenters. The first-order chi connectivity index (χ1) is 19.0. The fourth-order valence-electron chi connectivity index (χ4n) is 5.37. The summed E-state index contributed by atoms with van der Waals surface area (Å²) in [5, 5.41) is 8.36. The van der Waals surface area contributed by atoms with E-state index in [1.54, 1.807) is 7.11 Å². The van der Waals surface area contributed by atoms with Crippen molar-refractivity contribution in [2.75, 3.05) is 40.1 Å². The van der Waals surface area contributed by atoms with E-state index in [9.17, 15) is 14.5 Å². The lowest BCUT2D eigenvalue weighted by atomic mass is 9.54. The Morgan fingerprint density at radius 2 is 1.93 bits per heavy atom. The Morgan fingerprint density at radius 3 is 2.58 bits per heavy atom. The summed E-state index contributed by atoms with van der Waals surface area (Å²) in [6.45, 7) is 12.0. The van der Waals surface area contributed by atoms with Gasteiger partial charge in [0.05, 0.1) is 24.4 Å². The largest absolute Gasteiger partial charge is 0.481 e. The second-order valence-corrected chi connectivity index (χ2v) is 11.9. The predicted octanol–water partition coefficient (Wildman–Crippen LogP) is 1.55. The number of rotatable bonds is 16. The highest BCUT2D eigenvalue weighted by molar-refractivity contribution is 6.47. The molecule has 2 amide bonds. The maximum atomic E-state index is 13.6. The Labute approximate surface area is 238 Å². The Hall–Kier alpha value is -2.29. The maximum absolute atomic E-state index is 13.6. The summed E-state index contributed by atoms with van der Waals surface area (Å²) in [4.78, 5) is 40.4. The van der Waals surface area contributed by atoms with Crippen molar-refractivity contribution in [3.63, 3.8) is 0 Å². The number of nitrogens with zero attached hydrogens (tertiary/aromatic N) is 2. The third-order valence-electron chi connectivity index (χ3n) is 7.91. The van der Waals surface area contributed by atoms with Crippen LogP contribution >= 0.6 is 0 Å². The van der Waals surface area contributed by atoms with Gasteiger partial charge in [0.1, 0.15) is 12.6 Å². The Balaban J connectivity index is 2.11. The van der Waals surface area contributed by atoms with Gasteiger partial charge < -0.3 is 35.1 Å². The van der Waals surface area contributed by atoms with Gasteiger partial charge in [0.25, 0.3) is 0 Å². The van der Waals surface area contributed by atoms with Crippen LogP contribution in [0.5, 0.6) is 0 Å². The zero-order valence-corrected chi connectivity index (χ0v) is 24.9. The number of fused-ring (bicyclic) bond motifs is 5. The fraction of sp³-hybridized carbons (Fsp3) is 0.885. The second kappa shape index (κ2) is 16.9. The zero-order valence-electron chi connectivity index (χ0n) is 24.9. The van der Waals surface area contributed by atoms with Gasteiger partial charge in [-0.15, -0.1) is 4.91 Å². The van der Waals surface area contributed by atoms with Gasteiger partial charge in [-0.2, -0.15) is 0 Å². The highest BCUT2D eigenvalue weighted by Gasteiger charge is 2.50. The minimum atomic E-state index is -0.845. The van der Waals surface area contributed by atoms with Crippen LogP contribution in [0.15, 0.2) is 10.3 Å². The van der Waals surface area contributed by atoms with E-state index in [4.69, 9.17) is 24.5 Å². The lowest BCUT2D eigenvalue weighted by molar-refractivity contribution is -0.132. The average Bonchev–Trinajstić information content (AvgIpc) is 3.00. The van der Waals surface area contributed by atoms with Crippen molar-refractivity contribution < 1.29 is 28.4 Å². The number of nitroso groups, excluding NO2 is 1. The van der Waals surface area contributed by atoms with Crippen molar-refractivity contribution >= 4 is 24.9 Å². The summed E-state index contributed by atoms with van der Waals surface area (Å²) in [7, 11) is 0.944. The molecule has 2 saturated heterocycles. The SMILES string of the molecule is COCCOCC(=O)N[C@@H](CCCN=C(N)NN=O)C(=O)N[C@@H](CC(C)C)B1OC[C@H]2C[C@@H](CC(C)O1)C2(C)C. The molecule has 0 radical (unpaired) electrons. The minimum Gasteiger partial charge on any atom is -0.410 e. The number of nitrogens with one attached hydrogen (secondary N) is 3. The van der Waals surface area contributed by atoms with Crippen LogP contribution in [-0.4, -0.2) is 83.1 Å². The minimum absolute atomic E-state index is 0.0163. The summed E-state index contributed by atoms with van der Waals surface area (Å²) >= 11 is 0. The molecule has 2 heterocycles. The number of carbonyl (C=O) groups excluding carboxylic acids is 2. The molecule has 228 valence electrons. The summed E-state index contributed by atoms with van der Waals surface area (Å²) in [6.07, 6.45) is 3.41. The number of guanidine groups is 1. The quantitative estimate of drug-likeness (QED) is 0.0538. The molecular weight excluding hydrogens is 519 g/mol. The first kappa shape index (κ1) is 33.9. The average molecular weight is 569 g/mol. The maximum Gasteiger partial charge on any atom is 0.481 e. The molecular formula is C26H49BN6O7. The first-order valence-electron chi connectivity index (χ1n) is 14.3. The summed E-state index contributed by atoms with van der Waals surface area (Å²) in [5.41, 5.74) is 7.76. The highest BCUT2D eigenvalue weighted by atomic mass is 16.6. The van der Waals surface area contributed by atoms with Crippen LogP contribution in [0, 0.1) is 28.1 Å². The number of ether oxygens (including phenoxy) is 2. The van der Waals surface area contributed by atoms with Crippen molar-refractivity contribution in [3.8, 4) is 0 Å². The summed E-state index contributed by atoms with van der Waals surface area (Å²) in [6, 6.07) is -0.845. The molecule has 0 aromatic rings. The highest BCUT2D eigenvalue weighted by Crippen LogP contribution is 2.54. The summed E-state index contributed by atoms with van der Waals surface area (Å²) < 4.78 is 23.0. The van der Waals surface area contributed by atoms with Gasteiger partial charge in [-0.3, -0.25) is 14.6 Å². The van der Waals surface area contributed by atoms with Crippen LogP contribution in [0.2, 0.25) is 0 Å². The van der Waals surface area contributed by atoms with E-state index in [2.05, 4.69) is 55.5 Å². The number of hydrogen-bond acceptors (Lipinski definition) is 9. The molecule has 2 bridgehead atoms. The third kappa shape index (κ3) is 10.9. The number of nitrogens with two attached hydrogens (primary N) is 1. The van der Waals surface area contributed by atoms with E-state index < -0.39 is 25.0 Å². The smallest absolute Gasteiger partial charge is 0.410 e. The van der Waals surface area contributed by atoms with Crippen LogP contribution in [0.3, 0.4) is 0 Å². The molecule has 0 spiro atoms. The molecule has 5 atom stereocenters. The van der Waals surface area contributed by atoms with Crippen LogP contribution < -0.4 is 21.8 Å². The monoisotopic (exact) mass is 568 g/mol. The van der Waals surface area contributed by atoms with Crippen LogP contribution in [0.1, 0.15) is 66.7 Å². The van der Waals surface area contributed by atoms with Crippen molar-refractivity contribution in [2.24, 2.45) is 39.2 Å². The topological polar surface area (TPSA) is 175 Å². The molecule has 3 aliphatic rings. The van der Waals surface area contributed by atoms with Crippen molar-refractivity contribution in [1.82, 2.24) is 16.1 Å². The normalized spacial score (nSPS) is 24.1. The van der Waals surface area contributed by atoms with Crippen molar-refractivity contribution in [3.05, 3.63) is 4.91 Å². The van der Waals surface area contributed by atoms with Crippen molar-refractivity contribution in [2.45, 2.75) is 84.8 Å². The van der Waals surface area contributed by atoms with E-state index in [0.717, 1.165) is 12.8 Å². The van der Waals surface area contributed by atoms with E-state index in [0.29, 0.717) is 37.9 Å². The van der Waals surface area contributed by atoms with Crippen LogP contribution in [0.25, 0.3) is 0 Å². The number of carbonyl (C=O) groups is 2. The molecule has 2 aliphatic heterocycles. The van der Waals surface area contributed by atoms with Crippen molar-refractivity contribution in [1.29, 1.82) is 0 Å². The van der Waals surface area contributed by atoms with Crippen LogP contribution in [-0.2, 0) is 28.4 Å². The van der Waals surface area contributed by atoms with E-state index in [1.807, 2.05) is 5.43 Å². The number of aliphatic imine (C=N–C) groups is 1. The summed E-state index contributed by atoms with van der Waals surface area (Å²) in [5.74, 6) is 0.0285. The van der Waals surface area contributed by atoms with Gasteiger partial charge >= 0.3 is 7.12 Å². The number of amides is 2. The lowest BCUT2D eigenvalue weighted by Crippen LogP contribution is -2.56. The van der Waals surface area contributed by atoms with Gasteiger partial charge in [0.15, 0.2) is 0 Å². The van der Waals surface area contributed by atoms with Gasteiger partial charge in [0, 0.05) is 26.4 Å². The number of methoxy groups -OCH3 is 1. The van der Waals surface area contributed by atoms with Crippen LogP contribution in [0.4, 0.5) is 0 Å². The molecule has 0 aromatic carbocycles. The molecule has 1 saturated carbocycles. The standard InChI is InChI=1S/C26H49BN6O7/c1-17(2)12-22(27-39-15-20-14-19(26(20,4)5)13-18(3)40-27)31-24(35)21(8-7-9-29-25(28)32-33-36)30-23(34)16-38-11-10-37-6/h17-22H,7-16H2,1-6H3,(H,30,34)(H,31,35)(H3,28,29,32,36)/t18?,19-,20-,21+,22+/m1/s1. The molecule has 14 heteroatoms. The van der Waals surface area contributed by atoms with Gasteiger partial charge in [-0.1, -0.05) is 27.7 Å². The Morgan fingerprint density at radius 1 is 1.18 bits per heavy atom. The predicted molar refractivity (Wildman–Crippen MR) is 153 cm³/mol. The van der Waals surface area contributed by atoms with Gasteiger partial charge in [-0.05, 0) is 62.2 Å². The molecule has 40 heavy (non-hydrogen) atoms. The van der Waals surface area contributed by atoms with E-state index in [-0.39, 0.29) is 55.5 Å². The fourth-order valence-corrected chi connectivity index (χ4v) is 5.37. The zero-order chi connectivity index (χ0) is 29.7. The van der Waals surface area contributed by atoms with Gasteiger partial charge in [0.2, 0.25) is 17.8 Å². The Kier molecular flexibility index (Phi) is 14.3. The third-order valence-corrected chi connectivity index (χ3v) is 7.91. The molecule has 1 aliphatic carbocycles. The molecule has 3 rings (SSSR count). The van der Waals surface area contributed by atoms with Gasteiger partial charge in [-0.25, -0.2) is 5.43 Å².